The Labute approximate surface area is 130 Å². The lowest BCUT2D eigenvalue weighted by molar-refractivity contribution is 0.628. The van der Waals surface area contributed by atoms with Crippen molar-refractivity contribution in [3.63, 3.8) is 0 Å². The molecule has 1 heterocycles. The number of anilines is 1. The molecule has 21 heavy (non-hydrogen) atoms. The molecule has 0 saturated heterocycles. The Morgan fingerprint density at radius 2 is 1.95 bits per heavy atom. The predicted molar refractivity (Wildman–Crippen MR) is 85.3 cm³/mol. The van der Waals surface area contributed by atoms with E-state index in [9.17, 15) is 4.39 Å². The minimum Gasteiger partial charge on any atom is -0.396 e. The van der Waals surface area contributed by atoms with E-state index in [0.717, 1.165) is 10.0 Å². The molecule has 0 atom stereocenters. The fraction of sp³-hybridized carbons (Fsp3) is 0.0625. The van der Waals surface area contributed by atoms with Gasteiger partial charge in [0.1, 0.15) is 11.5 Å². The largest absolute Gasteiger partial charge is 0.396 e. The lowest BCUT2D eigenvalue weighted by Crippen LogP contribution is -2.01. The quantitative estimate of drug-likeness (QED) is 0.777. The van der Waals surface area contributed by atoms with Gasteiger partial charge in [-0.25, -0.2) is 4.39 Å². The van der Waals surface area contributed by atoms with Gasteiger partial charge in [-0.3, -0.25) is 4.68 Å². The second kappa shape index (κ2) is 5.69. The number of halogens is 2. The normalized spacial score (nSPS) is 10.8. The van der Waals surface area contributed by atoms with Crippen LogP contribution in [-0.4, -0.2) is 9.78 Å². The van der Waals surface area contributed by atoms with E-state index in [2.05, 4.69) is 21.0 Å². The maximum atomic E-state index is 13.3. The lowest BCUT2D eigenvalue weighted by Gasteiger charge is -2.04. The highest BCUT2D eigenvalue weighted by Crippen LogP contribution is 2.25. The average Bonchev–Trinajstić information content (AvgIpc) is 2.82. The molecule has 2 aromatic carbocycles. The monoisotopic (exact) mass is 345 g/mol. The molecular formula is C16H13BrFN3. The van der Waals surface area contributed by atoms with Crippen LogP contribution in [-0.2, 0) is 6.54 Å². The third-order valence-electron chi connectivity index (χ3n) is 3.18. The Balaban J connectivity index is 1.93. The summed E-state index contributed by atoms with van der Waals surface area (Å²) < 4.78 is 16.1. The van der Waals surface area contributed by atoms with E-state index >= 15 is 0 Å². The summed E-state index contributed by atoms with van der Waals surface area (Å²) in [6, 6.07) is 14.2. The van der Waals surface area contributed by atoms with Gasteiger partial charge in [0.2, 0.25) is 0 Å². The van der Waals surface area contributed by atoms with Crippen molar-refractivity contribution in [2.45, 2.75) is 6.54 Å². The number of benzene rings is 2. The summed E-state index contributed by atoms with van der Waals surface area (Å²) >= 11 is 3.51. The first kappa shape index (κ1) is 13.8. The van der Waals surface area contributed by atoms with Crippen molar-refractivity contribution in [1.82, 2.24) is 9.78 Å². The van der Waals surface area contributed by atoms with Crippen molar-refractivity contribution in [2.24, 2.45) is 0 Å². The highest BCUT2D eigenvalue weighted by Gasteiger charge is 2.10. The molecule has 0 amide bonds. The first-order valence-electron chi connectivity index (χ1n) is 6.46. The highest BCUT2D eigenvalue weighted by atomic mass is 79.9. The number of rotatable bonds is 3. The molecule has 0 fully saturated rings. The molecule has 5 heteroatoms. The highest BCUT2D eigenvalue weighted by molar-refractivity contribution is 9.10. The van der Waals surface area contributed by atoms with Gasteiger partial charge < -0.3 is 5.73 Å². The van der Waals surface area contributed by atoms with Crippen LogP contribution in [0.4, 0.5) is 10.1 Å². The minimum atomic E-state index is -0.299. The van der Waals surface area contributed by atoms with E-state index < -0.39 is 0 Å². The van der Waals surface area contributed by atoms with Crippen LogP contribution >= 0.6 is 15.9 Å². The van der Waals surface area contributed by atoms with E-state index in [1.54, 1.807) is 23.0 Å². The molecule has 0 saturated carbocycles. The minimum absolute atomic E-state index is 0.299. The van der Waals surface area contributed by atoms with E-state index in [1.165, 1.54) is 12.1 Å². The molecule has 0 aliphatic heterocycles. The van der Waals surface area contributed by atoms with Gasteiger partial charge in [-0.15, -0.1) is 0 Å². The number of hydrogen-bond donors (Lipinski definition) is 1. The third-order valence-corrected chi connectivity index (χ3v) is 3.95. The fourth-order valence-corrected chi connectivity index (χ4v) is 2.59. The second-order valence-corrected chi connectivity index (χ2v) is 5.59. The van der Waals surface area contributed by atoms with Crippen LogP contribution in [0.3, 0.4) is 0 Å². The topological polar surface area (TPSA) is 43.8 Å². The average molecular weight is 346 g/mol. The maximum Gasteiger partial charge on any atom is 0.123 e. The zero-order valence-electron chi connectivity index (χ0n) is 11.1. The van der Waals surface area contributed by atoms with Crippen LogP contribution in [0, 0.1) is 5.82 Å². The van der Waals surface area contributed by atoms with Gasteiger partial charge >= 0.3 is 0 Å². The van der Waals surface area contributed by atoms with Crippen LogP contribution in [0.5, 0.6) is 0 Å². The molecule has 0 unspecified atom stereocenters. The molecule has 106 valence electrons. The summed E-state index contributed by atoms with van der Waals surface area (Å²) in [4.78, 5) is 0. The summed E-state index contributed by atoms with van der Waals surface area (Å²) in [6.07, 6.45) is 1.76. The van der Waals surface area contributed by atoms with Crippen molar-refractivity contribution in [1.29, 1.82) is 0 Å². The number of aromatic nitrogens is 2. The maximum absolute atomic E-state index is 13.3. The fourth-order valence-electron chi connectivity index (χ4n) is 2.18. The summed E-state index contributed by atoms with van der Waals surface area (Å²) in [5.74, 6) is -0.299. The van der Waals surface area contributed by atoms with Crippen molar-refractivity contribution in [3.8, 4) is 11.3 Å². The Morgan fingerprint density at radius 1 is 1.14 bits per heavy atom. The van der Waals surface area contributed by atoms with Crippen LogP contribution in [0.2, 0.25) is 0 Å². The number of nitrogens with zero attached hydrogens (tertiary/aromatic N) is 2. The van der Waals surface area contributed by atoms with E-state index in [-0.39, 0.29) is 5.82 Å². The van der Waals surface area contributed by atoms with Gasteiger partial charge in [0.15, 0.2) is 0 Å². The Kier molecular flexibility index (Phi) is 3.75. The van der Waals surface area contributed by atoms with Gasteiger partial charge in [-0.1, -0.05) is 46.3 Å². The van der Waals surface area contributed by atoms with Crippen LogP contribution < -0.4 is 5.73 Å². The van der Waals surface area contributed by atoms with Crippen LogP contribution in [0.1, 0.15) is 5.56 Å². The van der Waals surface area contributed by atoms with E-state index in [4.69, 9.17) is 5.73 Å². The van der Waals surface area contributed by atoms with Gasteiger partial charge in [-0.05, 0) is 23.8 Å². The van der Waals surface area contributed by atoms with Crippen molar-refractivity contribution >= 4 is 21.6 Å². The van der Waals surface area contributed by atoms with Gasteiger partial charge in [0, 0.05) is 16.2 Å². The molecule has 0 aliphatic carbocycles. The Hall–Kier alpha value is -2.14. The molecular weight excluding hydrogens is 333 g/mol. The number of nitrogens with two attached hydrogens (primary N) is 1. The Morgan fingerprint density at radius 3 is 2.71 bits per heavy atom. The molecule has 0 spiro atoms. The molecule has 2 N–H and O–H groups in total. The molecule has 1 aromatic heterocycles. The molecule has 3 nitrogen and oxygen atoms in total. The Bertz CT molecular complexity index is 783. The molecule has 0 radical (unpaired) electrons. The van der Waals surface area contributed by atoms with Crippen LogP contribution in [0.25, 0.3) is 11.3 Å². The molecule has 3 aromatic rings. The molecule has 0 bridgehead atoms. The van der Waals surface area contributed by atoms with Crippen LogP contribution in [0.15, 0.2) is 59.2 Å². The second-order valence-electron chi connectivity index (χ2n) is 4.73. The first-order valence-corrected chi connectivity index (χ1v) is 7.25. The van der Waals surface area contributed by atoms with Gasteiger partial charge in [0.05, 0.1) is 12.2 Å². The summed E-state index contributed by atoms with van der Waals surface area (Å²) in [7, 11) is 0. The van der Waals surface area contributed by atoms with E-state index in [0.29, 0.717) is 23.5 Å². The van der Waals surface area contributed by atoms with Crippen molar-refractivity contribution < 1.29 is 4.39 Å². The van der Waals surface area contributed by atoms with Crippen molar-refractivity contribution in [2.75, 3.05) is 5.73 Å². The first-order chi connectivity index (χ1) is 10.1. The lowest BCUT2D eigenvalue weighted by atomic mass is 10.1. The van der Waals surface area contributed by atoms with Gasteiger partial charge in [-0.2, -0.15) is 5.10 Å². The summed E-state index contributed by atoms with van der Waals surface area (Å²) in [6.45, 7) is 0.598. The standard InChI is InChI=1S/C16H13BrFN3/c17-14-7-2-1-4-12(14)9-21-10-15(19)16(20-21)11-5-3-6-13(18)8-11/h1-8,10H,9,19H2. The smallest absolute Gasteiger partial charge is 0.123 e. The molecule has 0 aliphatic rings. The third kappa shape index (κ3) is 2.97. The van der Waals surface area contributed by atoms with Gasteiger partial charge in [0.25, 0.3) is 0 Å². The predicted octanol–water partition coefficient (Wildman–Crippen LogP) is 4.08. The molecule has 3 rings (SSSR count). The van der Waals surface area contributed by atoms with Crippen molar-refractivity contribution in [3.05, 3.63) is 70.6 Å². The zero-order valence-corrected chi connectivity index (χ0v) is 12.7. The zero-order chi connectivity index (χ0) is 14.8. The summed E-state index contributed by atoms with van der Waals surface area (Å²) in [5, 5.41) is 4.46. The number of nitrogen functional groups attached to an aromatic ring is 1. The van der Waals surface area contributed by atoms with E-state index in [1.807, 2.05) is 24.3 Å². The summed E-state index contributed by atoms with van der Waals surface area (Å²) in [5.41, 5.74) is 8.91. The number of hydrogen-bond acceptors (Lipinski definition) is 2. The SMILES string of the molecule is Nc1cn(Cc2ccccc2Br)nc1-c1cccc(F)c1.